The van der Waals surface area contributed by atoms with E-state index >= 15 is 0 Å². The number of hydrazine groups is 1. The fourth-order valence-electron chi connectivity index (χ4n) is 2.38. The summed E-state index contributed by atoms with van der Waals surface area (Å²) >= 11 is 0. The molecule has 19 heavy (non-hydrogen) atoms. The number of carbonyl (C=O) groups is 1. The Morgan fingerprint density at radius 1 is 1.47 bits per heavy atom. The Morgan fingerprint density at radius 2 is 2.21 bits per heavy atom. The van der Waals surface area contributed by atoms with Gasteiger partial charge < -0.3 is 10.3 Å². The smallest absolute Gasteiger partial charge is 0.242 e. The SMILES string of the molecule is CN1CCN(Cc2cc(NN)ccn2)C(C)(C)C1=O. The van der Waals surface area contributed by atoms with Gasteiger partial charge in [0.05, 0.1) is 16.9 Å². The monoisotopic (exact) mass is 263 g/mol. The van der Waals surface area contributed by atoms with Crippen LogP contribution in [0.5, 0.6) is 0 Å². The van der Waals surface area contributed by atoms with Gasteiger partial charge in [0.2, 0.25) is 5.91 Å². The molecule has 1 aromatic heterocycles. The second-order valence-corrected chi connectivity index (χ2v) is 5.39. The van der Waals surface area contributed by atoms with E-state index in [9.17, 15) is 4.79 Å². The molecule has 0 aromatic carbocycles. The summed E-state index contributed by atoms with van der Waals surface area (Å²) < 4.78 is 0. The second-order valence-electron chi connectivity index (χ2n) is 5.39. The van der Waals surface area contributed by atoms with E-state index in [2.05, 4.69) is 15.3 Å². The van der Waals surface area contributed by atoms with Gasteiger partial charge in [0.1, 0.15) is 0 Å². The summed E-state index contributed by atoms with van der Waals surface area (Å²) in [4.78, 5) is 20.5. The first kappa shape index (κ1) is 13.8. The normalized spacial score (nSPS) is 19.6. The van der Waals surface area contributed by atoms with E-state index in [1.54, 1.807) is 11.1 Å². The molecule has 0 radical (unpaired) electrons. The summed E-state index contributed by atoms with van der Waals surface area (Å²) in [5.74, 6) is 5.54. The predicted molar refractivity (Wildman–Crippen MR) is 74.2 cm³/mol. The van der Waals surface area contributed by atoms with Crippen molar-refractivity contribution in [1.29, 1.82) is 0 Å². The van der Waals surface area contributed by atoms with E-state index < -0.39 is 5.54 Å². The lowest BCUT2D eigenvalue weighted by Gasteiger charge is -2.44. The van der Waals surface area contributed by atoms with Gasteiger partial charge in [0.25, 0.3) is 0 Å². The Morgan fingerprint density at radius 3 is 2.89 bits per heavy atom. The Bertz CT molecular complexity index is 474. The van der Waals surface area contributed by atoms with Crippen molar-refractivity contribution in [2.75, 3.05) is 25.6 Å². The van der Waals surface area contributed by atoms with Crippen molar-refractivity contribution in [2.45, 2.75) is 25.9 Å². The van der Waals surface area contributed by atoms with Crippen LogP contribution in [-0.2, 0) is 11.3 Å². The number of anilines is 1. The standard InChI is InChI=1S/C13H21N5O/c1-13(2)12(19)17(3)6-7-18(13)9-11-8-10(16-14)4-5-15-11/h4-5,8H,6-7,9,14H2,1-3H3,(H,15,16). The van der Waals surface area contributed by atoms with Crippen molar-refractivity contribution >= 4 is 11.6 Å². The number of rotatable bonds is 3. The van der Waals surface area contributed by atoms with Crippen molar-refractivity contribution < 1.29 is 4.79 Å². The Labute approximate surface area is 113 Å². The number of hydrogen-bond acceptors (Lipinski definition) is 5. The van der Waals surface area contributed by atoms with Gasteiger partial charge in [0.15, 0.2) is 0 Å². The first-order valence-electron chi connectivity index (χ1n) is 6.37. The Hall–Kier alpha value is -1.66. The summed E-state index contributed by atoms with van der Waals surface area (Å²) in [6.07, 6.45) is 1.72. The van der Waals surface area contributed by atoms with Gasteiger partial charge in [-0.25, -0.2) is 0 Å². The lowest BCUT2D eigenvalue weighted by atomic mass is 9.97. The number of piperazine rings is 1. The molecule has 6 heteroatoms. The fourth-order valence-corrected chi connectivity index (χ4v) is 2.38. The first-order valence-corrected chi connectivity index (χ1v) is 6.37. The molecular weight excluding hydrogens is 242 g/mol. The van der Waals surface area contributed by atoms with Crippen LogP contribution < -0.4 is 11.3 Å². The molecule has 6 nitrogen and oxygen atoms in total. The first-order chi connectivity index (χ1) is 8.95. The maximum Gasteiger partial charge on any atom is 0.242 e. The molecule has 1 saturated heterocycles. The van der Waals surface area contributed by atoms with Crippen LogP contribution in [0.3, 0.4) is 0 Å². The number of carbonyl (C=O) groups excluding carboxylic acids is 1. The van der Waals surface area contributed by atoms with Gasteiger partial charge >= 0.3 is 0 Å². The van der Waals surface area contributed by atoms with E-state index in [0.717, 1.165) is 24.5 Å². The number of nitrogens with two attached hydrogens (primary N) is 1. The third-order valence-corrected chi connectivity index (χ3v) is 3.70. The third-order valence-electron chi connectivity index (χ3n) is 3.70. The summed E-state index contributed by atoms with van der Waals surface area (Å²) in [5.41, 5.74) is 3.83. The lowest BCUT2D eigenvalue weighted by Crippen LogP contribution is -2.61. The van der Waals surface area contributed by atoms with E-state index in [1.165, 1.54) is 0 Å². The predicted octanol–water partition coefficient (Wildman–Crippen LogP) is 0.420. The Balaban J connectivity index is 2.16. The van der Waals surface area contributed by atoms with Crippen molar-refractivity contribution in [2.24, 2.45) is 5.84 Å². The second kappa shape index (κ2) is 5.14. The minimum atomic E-state index is -0.499. The molecule has 0 spiro atoms. The molecule has 1 aromatic rings. The molecule has 0 saturated carbocycles. The summed E-state index contributed by atoms with van der Waals surface area (Å²) in [7, 11) is 1.85. The maximum absolute atomic E-state index is 12.2. The quantitative estimate of drug-likeness (QED) is 0.610. The zero-order chi connectivity index (χ0) is 14.0. The summed E-state index contributed by atoms with van der Waals surface area (Å²) in [5, 5.41) is 0. The van der Waals surface area contributed by atoms with Gasteiger partial charge in [-0.1, -0.05) is 0 Å². The average molecular weight is 263 g/mol. The van der Waals surface area contributed by atoms with Gasteiger partial charge in [0, 0.05) is 32.9 Å². The lowest BCUT2D eigenvalue weighted by molar-refractivity contribution is -0.147. The van der Waals surface area contributed by atoms with E-state index in [4.69, 9.17) is 5.84 Å². The summed E-state index contributed by atoms with van der Waals surface area (Å²) in [6, 6.07) is 3.71. The van der Waals surface area contributed by atoms with Crippen LogP contribution in [0, 0.1) is 0 Å². The molecule has 2 heterocycles. The fraction of sp³-hybridized carbons (Fsp3) is 0.538. The molecule has 0 bridgehead atoms. The zero-order valence-corrected chi connectivity index (χ0v) is 11.7. The number of hydrogen-bond donors (Lipinski definition) is 2. The van der Waals surface area contributed by atoms with Crippen molar-refractivity contribution in [3.8, 4) is 0 Å². The minimum absolute atomic E-state index is 0.145. The molecule has 1 aliphatic heterocycles. The van der Waals surface area contributed by atoms with Gasteiger partial charge in [-0.15, -0.1) is 0 Å². The van der Waals surface area contributed by atoms with Crippen molar-refractivity contribution in [1.82, 2.24) is 14.8 Å². The number of pyridine rings is 1. The number of likely N-dealkylation sites (N-methyl/N-ethyl adjacent to an activating group) is 1. The van der Waals surface area contributed by atoms with E-state index in [-0.39, 0.29) is 5.91 Å². The highest BCUT2D eigenvalue weighted by atomic mass is 16.2. The number of nitrogens with one attached hydrogen (secondary N) is 1. The van der Waals surface area contributed by atoms with Crippen LogP contribution >= 0.6 is 0 Å². The highest BCUT2D eigenvalue weighted by Crippen LogP contribution is 2.23. The van der Waals surface area contributed by atoms with Gasteiger partial charge in [-0.05, 0) is 26.0 Å². The van der Waals surface area contributed by atoms with Crippen LogP contribution in [0.15, 0.2) is 18.3 Å². The third kappa shape index (κ3) is 2.69. The number of nitrogen functional groups attached to an aromatic ring is 1. The molecule has 0 aliphatic carbocycles. The molecule has 104 valence electrons. The van der Waals surface area contributed by atoms with Crippen LogP contribution in [0.2, 0.25) is 0 Å². The molecule has 2 rings (SSSR count). The molecular formula is C13H21N5O. The zero-order valence-electron chi connectivity index (χ0n) is 11.7. The maximum atomic E-state index is 12.2. The molecule has 0 atom stereocenters. The van der Waals surface area contributed by atoms with Crippen LogP contribution in [0.25, 0.3) is 0 Å². The van der Waals surface area contributed by atoms with Crippen molar-refractivity contribution in [3.63, 3.8) is 0 Å². The topological polar surface area (TPSA) is 74.5 Å². The minimum Gasteiger partial charge on any atom is -0.343 e. The van der Waals surface area contributed by atoms with Gasteiger partial charge in [-0.3, -0.25) is 20.5 Å². The molecule has 1 aliphatic rings. The van der Waals surface area contributed by atoms with Crippen LogP contribution in [-0.4, -0.2) is 46.4 Å². The number of nitrogens with zero attached hydrogens (tertiary/aromatic N) is 3. The Kier molecular flexibility index (Phi) is 3.73. The van der Waals surface area contributed by atoms with Crippen molar-refractivity contribution in [3.05, 3.63) is 24.0 Å². The van der Waals surface area contributed by atoms with Crippen LogP contribution in [0.1, 0.15) is 19.5 Å². The number of amides is 1. The van der Waals surface area contributed by atoms with E-state index in [1.807, 2.05) is 33.0 Å². The van der Waals surface area contributed by atoms with Crippen LogP contribution in [0.4, 0.5) is 5.69 Å². The van der Waals surface area contributed by atoms with E-state index in [0.29, 0.717) is 6.54 Å². The summed E-state index contributed by atoms with van der Waals surface area (Å²) in [6.45, 7) is 6.14. The average Bonchev–Trinajstić information content (AvgIpc) is 2.40. The molecule has 1 fully saturated rings. The molecule has 3 N–H and O–H groups in total. The molecule has 0 unspecified atom stereocenters. The molecule has 1 amide bonds. The van der Waals surface area contributed by atoms with Gasteiger partial charge in [-0.2, -0.15) is 0 Å². The highest BCUT2D eigenvalue weighted by Gasteiger charge is 2.40. The number of aromatic nitrogens is 1. The largest absolute Gasteiger partial charge is 0.343 e. The highest BCUT2D eigenvalue weighted by molar-refractivity contribution is 5.86.